The maximum absolute atomic E-state index is 12.6. The number of hydrogen-bond acceptors (Lipinski definition) is 3. The van der Waals surface area contributed by atoms with Crippen LogP contribution in [0.2, 0.25) is 0 Å². The normalized spacial score (nSPS) is 15.0. The van der Waals surface area contributed by atoms with E-state index in [1.54, 1.807) is 17.9 Å². The van der Waals surface area contributed by atoms with Crippen LogP contribution in [0.4, 0.5) is 0 Å². The molecule has 2 rings (SSSR count). The van der Waals surface area contributed by atoms with Crippen LogP contribution >= 0.6 is 26.6 Å². The molecule has 0 heterocycles. The summed E-state index contributed by atoms with van der Waals surface area (Å²) in [5.41, 5.74) is 1.03. The lowest BCUT2D eigenvalue weighted by atomic mass is 10.1. The van der Waals surface area contributed by atoms with Crippen LogP contribution in [0.15, 0.2) is 21.5 Å². The molecule has 0 unspecified atom stereocenters. The van der Waals surface area contributed by atoms with Gasteiger partial charge in [-0.3, -0.25) is 4.79 Å². The van der Waals surface area contributed by atoms with Gasteiger partial charge in [-0.15, -0.1) is 0 Å². The Hall–Kier alpha value is -0.590. The molecule has 7 heteroatoms. The Morgan fingerprint density at radius 1 is 1.43 bits per heavy atom. The summed E-state index contributed by atoms with van der Waals surface area (Å²) in [6.07, 6.45) is 2.31. The molecule has 0 bridgehead atoms. The molecular formula is C14H17BrClNO3S. The van der Waals surface area contributed by atoms with Gasteiger partial charge in [0.05, 0.1) is 4.90 Å². The van der Waals surface area contributed by atoms with Crippen molar-refractivity contribution in [3.63, 3.8) is 0 Å². The van der Waals surface area contributed by atoms with Gasteiger partial charge in [-0.1, -0.05) is 0 Å². The highest BCUT2D eigenvalue weighted by molar-refractivity contribution is 9.10. The summed E-state index contributed by atoms with van der Waals surface area (Å²) in [6, 6.07) is 3.03. The minimum absolute atomic E-state index is 0.0602. The molecule has 1 aromatic rings. The third kappa shape index (κ3) is 3.99. The first-order valence-electron chi connectivity index (χ1n) is 6.78. The van der Waals surface area contributed by atoms with Crippen LogP contribution in [0.25, 0.3) is 0 Å². The van der Waals surface area contributed by atoms with Crippen molar-refractivity contribution in [1.82, 2.24) is 4.90 Å². The smallest absolute Gasteiger partial charge is 0.262 e. The van der Waals surface area contributed by atoms with Crippen LogP contribution in [0, 0.1) is 12.8 Å². The first-order valence-corrected chi connectivity index (χ1v) is 9.88. The molecule has 0 spiro atoms. The van der Waals surface area contributed by atoms with Gasteiger partial charge < -0.3 is 4.90 Å². The first-order chi connectivity index (χ1) is 9.74. The van der Waals surface area contributed by atoms with E-state index in [9.17, 15) is 13.2 Å². The highest BCUT2D eigenvalue weighted by atomic mass is 79.9. The molecular weight excluding hydrogens is 378 g/mol. The predicted molar refractivity (Wildman–Crippen MR) is 86.2 cm³/mol. The molecule has 116 valence electrons. The van der Waals surface area contributed by atoms with Crippen molar-refractivity contribution in [1.29, 1.82) is 0 Å². The monoisotopic (exact) mass is 393 g/mol. The number of amides is 1. The standard InChI is InChI=1S/C14H17BrClNO3S/c1-3-17(8-10-4-5-10)14(18)11-6-9(2)13(15)12(7-11)21(16,19)20/h6-7,10H,3-5,8H2,1-2H3. The fraction of sp³-hybridized carbons (Fsp3) is 0.500. The zero-order chi connectivity index (χ0) is 15.8. The molecule has 1 aliphatic rings. The fourth-order valence-electron chi connectivity index (χ4n) is 2.19. The van der Waals surface area contributed by atoms with Crippen molar-refractivity contribution in [2.45, 2.75) is 31.6 Å². The summed E-state index contributed by atoms with van der Waals surface area (Å²) in [4.78, 5) is 14.2. The van der Waals surface area contributed by atoms with E-state index in [0.717, 1.165) is 19.4 Å². The van der Waals surface area contributed by atoms with E-state index >= 15 is 0 Å². The van der Waals surface area contributed by atoms with E-state index in [1.807, 2.05) is 6.92 Å². The van der Waals surface area contributed by atoms with Gasteiger partial charge in [0.1, 0.15) is 0 Å². The molecule has 1 saturated carbocycles. The third-order valence-electron chi connectivity index (χ3n) is 3.58. The van der Waals surface area contributed by atoms with Gasteiger partial charge in [-0.05, 0) is 66.2 Å². The average molecular weight is 395 g/mol. The van der Waals surface area contributed by atoms with E-state index in [2.05, 4.69) is 15.9 Å². The highest BCUT2D eigenvalue weighted by Gasteiger charge is 2.27. The molecule has 0 aromatic heterocycles. The van der Waals surface area contributed by atoms with Crippen LogP contribution in [0.3, 0.4) is 0 Å². The lowest BCUT2D eigenvalue weighted by Gasteiger charge is -2.21. The second kappa shape index (κ2) is 6.26. The first kappa shape index (κ1) is 16.8. The van der Waals surface area contributed by atoms with Crippen molar-refractivity contribution in [2.24, 2.45) is 5.92 Å². The summed E-state index contributed by atoms with van der Waals surface area (Å²) < 4.78 is 23.6. The molecule has 4 nitrogen and oxygen atoms in total. The Morgan fingerprint density at radius 3 is 2.52 bits per heavy atom. The number of nitrogens with zero attached hydrogens (tertiary/aromatic N) is 1. The van der Waals surface area contributed by atoms with E-state index in [4.69, 9.17) is 10.7 Å². The summed E-state index contributed by atoms with van der Waals surface area (Å²) in [5.74, 6) is 0.434. The van der Waals surface area contributed by atoms with Gasteiger partial charge in [0.15, 0.2) is 0 Å². The van der Waals surface area contributed by atoms with Crippen LogP contribution in [0.5, 0.6) is 0 Å². The Labute approximate surface area is 138 Å². The summed E-state index contributed by atoms with van der Waals surface area (Å²) in [6.45, 7) is 5.00. The van der Waals surface area contributed by atoms with Gasteiger partial charge in [-0.2, -0.15) is 0 Å². The summed E-state index contributed by atoms with van der Waals surface area (Å²) in [7, 11) is 1.54. The van der Waals surface area contributed by atoms with E-state index in [-0.39, 0.29) is 10.8 Å². The molecule has 21 heavy (non-hydrogen) atoms. The van der Waals surface area contributed by atoms with Crippen LogP contribution < -0.4 is 0 Å². The average Bonchev–Trinajstić information content (AvgIpc) is 3.20. The molecule has 0 N–H and O–H groups in total. The highest BCUT2D eigenvalue weighted by Crippen LogP contribution is 2.32. The minimum Gasteiger partial charge on any atom is -0.339 e. The van der Waals surface area contributed by atoms with E-state index in [1.165, 1.54) is 6.07 Å². The quantitative estimate of drug-likeness (QED) is 0.718. The third-order valence-corrected chi connectivity index (χ3v) is 6.24. The molecule has 0 radical (unpaired) electrons. The Morgan fingerprint density at radius 2 is 2.05 bits per heavy atom. The number of aryl methyl sites for hydroxylation is 1. The Kier molecular flexibility index (Phi) is 5.00. The second-order valence-electron chi connectivity index (χ2n) is 5.33. The zero-order valence-corrected chi connectivity index (χ0v) is 15.1. The van der Waals surface area contributed by atoms with Gasteiger partial charge in [0.2, 0.25) is 0 Å². The lowest BCUT2D eigenvalue weighted by molar-refractivity contribution is 0.0756. The van der Waals surface area contributed by atoms with Crippen LogP contribution in [-0.4, -0.2) is 32.3 Å². The molecule has 0 atom stereocenters. The number of halogens is 2. The van der Waals surface area contributed by atoms with Gasteiger partial charge in [-0.25, -0.2) is 8.42 Å². The lowest BCUT2D eigenvalue weighted by Crippen LogP contribution is -2.32. The van der Waals surface area contributed by atoms with Crippen molar-refractivity contribution in [3.8, 4) is 0 Å². The molecule has 1 aliphatic carbocycles. The minimum atomic E-state index is -3.90. The van der Waals surface area contributed by atoms with Crippen LogP contribution in [0.1, 0.15) is 35.7 Å². The van der Waals surface area contributed by atoms with Crippen molar-refractivity contribution >= 4 is 41.6 Å². The molecule has 1 aromatic carbocycles. The van der Waals surface area contributed by atoms with E-state index in [0.29, 0.717) is 28.1 Å². The van der Waals surface area contributed by atoms with Gasteiger partial charge >= 0.3 is 0 Å². The van der Waals surface area contributed by atoms with Gasteiger partial charge in [0.25, 0.3) is 15.0 Å². The van der Waals surface area contributed by atoms with Crippen LogP contribution in [-0.2, 0) is 9.05 Å². The number of carbonyl (C=O) groups is 1. The predicted octanol–water partition coefficient (Wildman–Crippen LogP) is 3.56. The number of rotatable bonds is 5. The largest absolute Gasteiger partial charge is 0.339 e. The Balaban J connectivity index is 2.38. The van der Waals surface area contributed by atoms with Crippen molar-refractivity contribution in [3.05, 3.63) is 27.7 Å². The Bertz CT molecular complexity index is 671. The maximum atomic E-state index is 12.6. The van der Waals surface area contributed by atoms with Crippen molar-refractivity contribution in [2.75, 3.05) is 13.1 Å². The topological polar surface area (TPSA) is 54.5 Å². The maximum Gasteiger partial charge on any atom is 0.262 e. The van der Waals surface area contributed by atoms with Gasteiger partial charge in [0, 0.05) is 33.8 Å². The second-order valence-corrected chi connectivity index (χ2v) is 8.66. The zero-order valence-electron chi connectivity index (χ0n) is 11.9. The summed E-state index contributed by atoms with van der Waals surface area (Å²) >= 11 is 3.22. The van der Waals surface area contributed by atoms with E-state index < -0.39 is 9.05 Å². The molecule has 0 aliphatic heterocycles. The SMILES string of the molecule is CCN(CC1CC1)C(=O)c1cc(C)c(Br)c(S(=O)(=O)Cl)c1. The number of carbonyl (C=O) groups excluding carboxylic acids is 1. The molecule has 1 amide bonds. The molecule has 1 fully saturated rings. The van der Waals surface area contributed by atoms with Crippen molar-refractivity contribution < 1.29 is 13.2 Å². The molecule has 0 saturated heterocycles. The number of benzene rings is 1. The summed E-state index contributed by atoms with van der Waals surface area (Å²) in [5, 5.41) is 0. The number of hydrogen-bond donors (Lipinski definition) is 0. The fourth-order valence-corrected chi connectivity index (χ4v) is 4.34.